The molecule has 12 heavy (non-hydrogen) atoms. The number of anilines is 1. The summed E-state index contributed by atoms with van der Waals surface area (Å²) in [6, 6.07) is 5.45. The zero-order valence-corrected chi connectivity index (χ0v) is 8.91. The zero-order chi connectivity index (χ0) is 9.14. The summed E-state index contributed by atoms with van der Waals surface area (Å²) in [6.07, 6.45) is 0. The van der Waals surface area contributed by atoms with E-state index in [-0.39, 0.29) is 5.12 Å². The largest absolute Gasteiger partial charge is 0.398 e. The molecule has 0 fully saturated rings. The van der Waals surface area contributed by atoms with E-state index in [0.717, 1.165) is 21.1 Å². The van der Waals surface area contributed by atoms with Crippen molar-refractivity contribution in [2.24, 2.45) is 0 Å². The minimum absolute atomic E-state index is 0.0415. The van der Waals surface area contributed by atoms with Gasteiger partial charge in [0.15, 0.2) is 5.12 Å². The Kier molecular flexibility index (Phi) is 3.17. The molecule has 0 heterocycles. The van der Waals surface area contributed by atoms with Gasteiger partial charge in [-0.15, -0.1) is 0 Å². The molecule has 1 aromatic carbocycles. The van der Waals surface area contributed by atoms with E-state index >= 15 is 0 Å². The Morgan fingerprint density at radius 2 is 2.25 bits per heavy atom. The van der Waals surface area contributed by atoms with E-state index in [4.69, 9.17) is 5.73 Å². The van der Waals surface area contributed by atoms with Gasteiger partial charge in [0.05, 0.1) is 0 Å². The number of nitrogens with two attached hydrogens (primary N) is 1. The summed E-state index contributed by atoms with van der Waals surface area (Å²) in [7, 11) is 0. The maximum atomic E-state index is 10.8. The molecule has 0 atom stereocenters. The van der Waals surface area contributed by atoms with Crippen molar-refractivity contribution in [3.8, 4) is 0 Å². The Bertz CT molecular complexity index is 314. The van der Waals surface area contributed by atoms with Crippen LogP contribution in [0.15, 0.2) is 27.6 Å². The lowest BCUT2D eigenvalue weighted by molar-refractivity contribution is -0.109. The molecule has 0 saturated carbocycles. The number of benzene rings is 1. The Morgan fingerprint density at radius 3 is 2.83 bits per heavy atom. The van der Waals surface area contributed by atoms with Crippen LogP contribution in [0.3, 0.4) is 0 Å². The van der Waals surface area contributed by atoms with E-state index in [2.05, 4.69) is 15.9 Å². The van der Waals surface area contributed by atoms with Crippen LogP contribution in [0.25, 0.3) is 0 Å². The molecule has 4 heteroatoms. The molecule has 0 radical (unpaired) electrons. The SMILES string of the molecule is CC(=O)Sc1cc(Br)ccc1N. The van der Waals surface area contributed by atoms with Gasteiger partial charge in [-0.3, -0.25) is 4.79 Å². The van der Waals surface area contributed by atoms with Gasteiger partial charge in [-0.05, 0) is 18.2 Å². The van der Waals surface area contributed by atoms with E-state index in [1.54, 1.807) is 6.07 Å². The number of carbonyl (C=O) groups excluding carboxylic acids is 1. The van der Waals surface area contributed by atoms with Crippen LogP contribution in [-0.4, -0.2) is 5.12 Å². The fraction of sp³-hybridized carbons (Fsp3) is 0.125. The quantitative estimate of drug-likeness (QED) is 0.612. The van der Waals surface area contributed by atoms with Crippen molar-refractivity contribution in [2.45, 2.75) is 11.8 Å². The molecule has 0 aliphatic heterocycles. The van der Waals surface area contributed by atoms with Gasteiger partial charge in [0.25, 0.3) is 0 Å². The minimum atomic E-state index is 0.0415. The second kappa shape index (κ2) is 3.96. The van der Waals surface area contributed by atoms with Gasteiger partial charge in [-0.25, -0.2) is 0 Å². The van der Waals surface area contributed by atoms with Gasteiger partial charge < -0.3 is 5.73 Å². The first-order valence-electron chi connectivity index (χ1n) is 3.33. The summed E-state index contributed by atoms with van der Waals surface area (Å²) in [5.41, 5.74) is 6.28. The molecular formula is C8H8BrNOS. The Labute approximate surface area is 83.7 Å². The smallest absolute Gasteiger partial charge is 0.190 e. The lowest BCUT2D eigenvalue weighted by Crippen LogP contribution is -1.90. The highest BCUT2D eigenvalue weighted by atomic mass is 79.9. The fourth-order valence-electron chi connectivity index (χ4n) is 0.751. The highest BCUT2D eigenvalue weighted by molar-refractivity contribution is 9.10. The first kappa shape index (κ1) is 9.61. The van der Waals surface area contributed by atoms with E-state index in [0.29, 0.717) is 5.69 Å². The average Bonchev–Trinajstić information content (AvgIpc) is 1.96. The molecule has 0 aliphatic carbocycles. The third-order valence-electron chi connectivity index (χ3n) is 1.23. The Balaban J connectivity index is 2.97. The van der Waals surface area contributed by atoms with Crippen molar-refractivity contribution >= 4 is 38.5 Å². The summed E-state index contributed by atoms with van der Waals surface area (Å²) >= 11 is 4.45. The van der Waals surface area contributed by atoms with E-state index in [1.807, 2.05) is 12.1 Å². The van der Waals surface area contributed by atoms with Crippen LogP contribution in [0.4, 0.5) is 5.69 Å². The number of rotatable bonds is 1. The molecule has 0 aliphatic rings. The van der Waals surface area contributed by atoms with Crippen LogP contribution in [0.2, 0.25) is 0 Å². The third kappa shape index (κ3) is 2.53. The van der Waals surface area contributed by atoms with Gasteiger partial charge in [-0.2, -0.15) is 0 Å². The predicted octanol–water partition coefficient (Wildman–Crippen LogP) is 2.67. The van der Waals surface area contributed by atoms with Gasteiger partial charge in [-0.1, -0.05) is 27.7 Å². The first-order chi connectivity index (χ1) is 5.59. The molecule has 1 aromatic rings. The Hall–Kier alpha value is -0.480. The van der Waals surface area contributed by atoms with Crippen LogP contribution in [0, 0.1) is 0 Å². The van der Waals surface area contributed by atoms with E-state index < -0.39 is 0 Å². The van der Waals surface area contributed by atoms with Crippen molar-refractivity contribution in [3.63, 3.8) is 0 Å². The molecule has 0 spiro atoms. The second-order valence-electron chi connectivity index (χ2n) is 2.28. The number of hydrogen-bond donors (Lipinski definition) is 1. The summed E-state index contributed by atoms with van der Waals surface area (Å²) in [5.74, 6) is 0. The summed E-state index contributed by atoms with van der Waals surface area (Å²) in [4.78, 5) is 11.6. The zero-order valence-electron chi connectivity index (χ0n) is 6.50. The lowest BCUT2D eigenvalue weighted by atomic mass is 10.3. The highest BCUT2D eigenvalue weighted by Crippen LogP contribution is 2.28. The lowest BCUT2D eigenvalue weighted by Gasteiger charge is -2.02. The highest BCUT2D eigenvalue weighted by Gasteiger charge is 2.03. The van der Waals surface area contributed by atoms with Gasteiger partial charge in [0.1, 0.15) is 0 Å². The molecule has 0 amide bonds. The number of hydrogen-bond acceptors (Lipinski definition) is 3. The molecule has 0 saturated heterocycles. The van der Waals surface area contributed by atoms with Crippen molar-refractivity contribution < 1.29 is 4.79 Å². The van der Waals surface area contributed by atoms with Crippen molar-refractivity contribution in [1.82, 2.24) is 0 Å². The van der Waals surface area contributed by atoms with Gasteiger partial charge >= 0.3 is 0 Å². The number of carbonyl (C=O) groups is 1. The van der Waals surface area contributed by atoms with E-state index in [1.165, 1.54) is 6.92 Å². The monoisotopic (exact) mass is 245 g/mol. The summed E-state index contributed by atoms with van der Waals surface area (Å²) in [5, 5.41) is 0.0415. The van der Waals surface area contributed by atoms with Gasteiger partial charge in [0, 0.05) is 22.0 Å². The molecular weight excluding hydrogens is 238 g/mol. The van der Waals surface area contributed by atoms with E-state index in [9.17, 15) is 4.79 Å². The maximum absolute atomic E-state index is 10.8. The Morgan fingerprint density at radius 1 is 1.58 bits per heavy atom. The fourth-order valence-corrected chi connectivity index (χ4v) is 1.95. The molecule has 1 rings (SSSR count). The third-order valence-corrected chi connectivity index (χ3v) is 2.58. The molecule has 0 unspecified atom stereocenters. The summed E-state index contributed by atoms with van der Waals surface area (Å²) in [6.45, 7) is 1.52. The van der Waals surface area contributed by atoms with Crippen molar-refractivity contribution in [3.05, 3.63) is 22.7 Å². The van der Waals surface area contributed by atoms with Crippen LogP contribution < -0.4 is 5.73 Å². The van der Waals surface area contributed by atoms with Crippen LogP contribution >= 0.6 is 27.7 Å². The minimum Gasteiger partial charge on any atom is -0.398 e. The topological polar surface area (TPSA) is 43.1 Å². The van der Waals surface area contributed by atoms with Gasteiger partial charge in [0.2, 0.25) is 0 Å². The second-order valence-corrected chi connectivity index (χ2v) is 4.41. The molecule has 2 nitrogen and oxygen atoms in total. The van der Waals surface area contributed by atoms with Crippen molar-refractivity contribution in [1.29, 1.82) is 0 Å². The summed E-state index contributed by atoms with van der Waals surface area (Å²) < 4.78 is 0.931. The number of nitrogen functional groups attached to an aromatic ring is 1. The number of halogens is 1. The van der Waals surface area contributed by atoms with Crippen LogP contribution in [0.1, 0.15) is 6.92 Å². The van der Waals surface area contributed by atoms with Crippen molar-refractivity contribution in [2.75, 3.05) is 5.73 Å². The molecule has 64 valence electrons. The standard InChI is InChI=1S/C8H8BrNOS/c1-5(11)12-8-4-6(9)2-3-7(8)10/h2-4H,10H2,1H3. The van der Waals surface area contributed by atoms with Crippen LogP contribution in [0.5, 0.6) is 0 Å². The molecule has 2 N–H and O–H groups in total. The molecule has 0 aromatic heterocycles. The molecule has 0 bridgehead atoms. The first-order valence-corrected chi connectivity index (χ1v) is 4.94. The normalized spacial score (nSPS) is 9.83. The van der Waals surface area contributed by atoms with Crippen LogP contribution in [-0.2, 0) is 4.79 Å². The number of thioether (sulfide) groups is 1. The average molecular weight is 246 g/mol. The predicted molar refractivity (Wildman–Crippen MR) is 55.1 cm³/mol. The maximum Gasteiger partial charge on any atom is 0.190 e.